The summed E-state index contributed by atoms with van der Waals surface area (Å²) in [7, 11) is -1.72. The van der Waals surface area contributed by atoms with Crippen LogP contribution in [0.5, 0.6) is 11.5 Å². The zero-order valence-corrected chi connectivity index (χ0v) is 7.76. The molecule has 1 N–H and O–H groups in total. The first-order valence-electron chi connectivity index (χ1n) is 3.63. The molecule has 3 nitrogen and oxygen atoms in total. The highest BCUT2D eigenvalue weighted by atomic mass is 31.2. The monoisotopic (exact) mass is 184 g/mol. The molecule has 1 heterocycles. The second-order valence-electron chi connectivity index (χ2n) is 2.80. The topological polar surface area (TPSA) is 38.7 Å². The van der Waals surface area contributed by atoms with E-state index in [1.54, 1.807) is 0 Å². The zero-order valence-electron chi connectivity index (χ0n) is 6.87. The van der Waals surface area contributed by atoms with E-state index in [1.165, 1.54) is 0 Å². The molecule has 0 spiro atoms. The van der Waals surface area contributed by atoms with Crippen LogP contribution in [0.25, 0.3) is 0 Å². The van der Waals surface area contributed by atoms with Gasteiger partial charge in [-0.05, 0) is 37.1 Å². The van der Waals surface area contributed by atoms with Crippen LogP contribution in [0.2, 0.25) is 0 Å². The number of benzene rings is 1. The molecule has 0 amide bonds. The van der Waals surface area contributed by atoms with Crippen LogP contribution in [0.4, 0.5) is 0 Å². The third kappa shape index (κ3) is 1.15. The Balaban J connectivity index is 2.48. The zero-order chi connectivity index (χ0) is 8.72. The van der Waals surface area contributed by atoms with Gasteiger partial charge in [0.15, 0.2) is 11.5 Å². The Morgan fingerprint density at radius 2 is 1.50 bits per heavy atom. The lowest BCUT2D eigenvalue weighted by molar-refractivity contribution is 0.429. The largest absolute Gasteiger partial charge is 0.460 e. The van der Waals surface area contributed by atoms with Crippen molar-refractivity contribution in [3.05, 3.63) is 23.3 Å². The summed E-state index contributed by atoms with van der Waals surface area (Å²) in [5.74, 6) is 1.29. The van der Waals surface area contributed by atoms with Crippen molar-refractivity contribution >= 4 is 8.60 Å². The molecule has 1 aliphatic heterocycles. The molecular formula is C8H9O3P. The van der Waals surface area contributed by atoms with Gasteiger partial charge in [0.2, 0.25) is 0 Å². The molecule has 64 valence electrons. The lowest BCUT2D eigenvalue weighted by atomic mass is 10.1. The Hall–Kier alpha value is -0.790. The summed E-state index contributed by atoms with van der Waals surface area (Å²) < 4.78 is 10.1. The molecular weight excluding hydrogens is 175 g/mol. The van der Waals surface area contributed by atoms with E-state index in [4.69, 9.17) is 13.9 Å². The molecule has 0 atom stereocenters. The predicted octanol–water partition coefficient (Wildman–Crippen LogP) is 2.29. The molecule has 1 aromatic carbocycles. The van der Waals surface area contributed by atoms with Crippen LogP contribution in [0.3, 0.4) is 0 Å². The number of fused-ring (bicyclic) bond motifs is 1. The molecule has 0 unspecified atom stereocenters. The van der Waals surface area contributed by atoms with Crippen molar-refractivity contribution in [2.24, 2.45) is 0 Å². The summed E-state index contributed by atoms with van der Waals surface area (Å²) in [6.07, 6.45) is 0. The van der Waals surface area contributed by atoms with Gasteiger partial charge in [0, 0.05) is 0 Å². The van der Waals surface area contributed by atoms with E-state index in [-0.39, 0.29) is 0 Å². The summed E-state index contributed by atoms with van der Waals surface area (Å²) in [6.45, 7) is 3.99. The van der Waals surface area contributed by atoms with Gasteiger partial charge in [-0.2, -0.15) is 0 Å². The maximum absolute atomic E-state index is 9.05. The van der Waals surface area contributed by atoms with E-state index in [9.17, 15) is 0 Å². The molecule has 0 bridgehead atoms. The van der Waals surface area contributed by atoms with Gasteiger partial charge < -0.3 is 13.9 Å². The normalized spacial score (nSPS) is 15.2. The first-order valence-corrected chi connectivity index (χ1v) is 4.76. The van der Waals surface area contributed by atoms with Gasteiger partial charge in [-0.3, -0.25) is 0 Å². The van der Waals surface area contributed by atoms with E-state index < -0.39 is 8.60 Å². The Kier molecular flexibility index (Phi) is 1.71. The Morgan fingerprint density at radius 1 is 1.08 bits per heavy atom. The van der Waals surface area contributed by atoms with Crippen molar-refractivity contribution in [1.82, 2.24) is 0 Å². The van der Waals surface area contributed by atoms with Gasteiger partial charge in [-0.15, -0.1) is 0 Å². The summed E-state index contributed by atoms with van der Waals surface area (Å²) in [6, 6.07) is 3.76. The lowest BCUT2D eigenvalue weighted by Crippen LogP contribution is -1.80. The predicted molar refractivity (Wildman–Crippen MR) is 46.3 cm³/mol. The van der Waals surface area contributed by atoms with Gasteiger partial charge in [-0.1, -0.05) is 0 Å². The number of hydrogen-bond acceptors (Lipinski definition) is 3. The maximum Gasteiger partial charge on any atom is 0.460 e. The maximum atomic E-state index is 9.05. The van der Waals surface area contributed by atoms with E-state index in [0.29, 0.717) is 11.5 Å². The highest BCUT2D eigenvalue weighted by Gasteiger charge is 2.24. The quantitative estimate of drug-likeness (QED) is 0.628. The van der Waals surface area contributed by atoms with Gasteiger partial charge in [0.1, 0.15) is 0 Å². The minimum atomic E-state index is -1.72. The highest BCUT2D eigenvalue weighted by Crippen LogP contribution is 2.50. The second-order valence-corrected chi connectivity index (χ2v) is 3.64. The smallest absolute Gasteiger partial charge is 0.414 e. The number of hydrogen-bond donors (Lipinski definition) is 1. The van der Waals surface area contributed by atoms with Crippen LogP contribution in [0, 0.1) is 13.8 Å². The molecule has 0 saturated carbocycles. The first kappa shape index (κ1) is 7.84. The van der Waals surface area contributed by atoms with Gasteiger partial charge >= 0.3 is 8.60 Å². The molecule has 1 aliphatic rings. The Bertz CT molecular complexity index is 293. The van der Waals surface area contributed by atoms with Crippen molar-refractivity contribution in [3.8, 4) is 11.5 Å². The minimum Gasteiger partial charge on any atom is -0.414 e. The molecule has 4 heteroatoms. The molecule has 0 aromatic heterocycles. The van der Waals surface area contributed by atoms with Crippen LogP contribution in [-0.2, 0) is 0 Å². The average Bonchev–Trinajstić information content (AvgIpc) is 2.30. The lowest BCUT2D eigenvalue weighted by Gasteiger charge is -2.00. The summed E-state index contributed by atoms with van der Waals surface area (Å²) in [5, 5.41) is 0. The highest BCUT2D eigenvalue weighted by molar-refractivity contribution is 7.41. The molecule has 0 fully saturated rings. The third-order valence-electron chi connectivity index (χ3n) is 1.91. The summed E-state index contributed by atoms with van der Waals surface area (Å²) in [4.78, 5) is 9.05. The molecule has 0 saturated heterocycles. The second kappa shape index (κ2) is 2.61. The standard InChI is InChI=1S/C8H9O3P/c1-5-3-7-8(4-6(5)2)11-12(9)10-7/h3-4,9H,1-2H3. The van der Waals surface area contributed by atoms with Crippen LogP contribution < -0.4 is 9.05 Å². The van der Waals surface area contributed by atoms with E-state index in [0.717, 1.165) is 11.1 Å². The van der Waals surface area contributed by atoms with Crippen molar-refractivity contribution < 1.29 is 13.9 Å². The van der Waals surface area contributed by atoms with E-state index >= 15 is 0 Å². The van der Waals surface area contributed by atoms with Crippen molar-refractivity contribution in [1.29, 1.82) is 0 Å². The fraction of sp³-hybridized carbons (Fsp3) is 0.250. The van der Waals surface area contributed by atoms with Crippen molar-refractivity contribution in [2.45, 2.75) is 13.8 Å². The van der Waals surface area contributed by atoms with Crippen molar-refractivity contribution in [2.75, 3.05) is 0 Å². The fourth-order valence-corrected chi connectivity index (χ4v) is 1.75. The van der Waals surface area contributed by atoms with Gasteiger partial charge in [-0.25, -0.2) is 0 Å². The SMILES string of the molecule is Cc1cc2c(cc1C)OP(O)O2. The Labute approximate surface area is 71.9 Å². The average molecular weight is 184 g/mol. The molecule has 1 aromatic rings. The van der Waals surface area contributed by atoms with E-state index in [1.807, 2.05) is 26.0 Å². The minimum absolute atomic E-state index is 0.645. The van der Waals surface area contributed by atoms with E-state index in [2.05, 4.69) is 0 Å². The molecule has 12 heavy (non-hydrogen) atoms. The van der Waals surface area contributed by atoms with Gasteiger partial charge in [0.05, 0.1) is 0 Å². The van der Waals surface area contributed by atoms with Gasteiger partial charge in [0.25, 0.3) is 0 Å². The van der Waals surface area contributed by atoms with Crippen LogP contribution in [-0.4, -0.2) is 4.89 Å². The Morgan fingerprint density at radius 3 is 1.92 bits per heavy atom. The summed E-state index contributed by atoms with van der Waals surface area (Å²) >= 11 is 0. The summed E-state index contributed by atoms with van der Waals surface area (Å²) in [5.41, 5.74) is 2.28. The fourth-order valence-electron chi connectivity index (χ4n) is 1.09. The molecule has 0 radical (unpaired) electrons. The first-order chi connectivity index (χ1) is 5.66. The number of aryl methyl sites for hydroxylation is 2. The van der Waals surface area contributed by atoms with Crippen molar-refractivity contribution in [3.63, 3.8) is 0 Å². The molecule has 0 aliphatic carbocycles. The molecule has 2 rings (SSSR count). The van der Waals surface area contributed by atoms with Crippen LogP contribution in [0.15, 0.2) is 12.1 Å². The third-order valence-corrected chi connectivity index (χ3v) is 2.62. The van der Waals surface area contributed by atoms with Crippen LogP contribution >= 0.6 is 8.60 Å². The number of rotatable bonds is 0. The van der Waals surface area contributed by atoms with Crippen LogP contribution in [0.1, 0.15) is 11.1 Å².